The van der Waals surface area contributed by atoms with Crippen molar-refractivity contribution in [2.75, 3.05) is 6.54 Å². The van der Waals surface area contributed by atoms with Gasteiger partial charge in [0, 0.05) is 18.9 Å². The minimum Gasteiger partial charge on any atom is -0.481 e. The number of nitrogens with zero attached hydrogens (tertiary/aromatic N) is 4. The Hall–Kier alpha value is -3.51. The number of ketones is 1. The van der Waals surface area contributed by atoms with Gasteiger partial charge in [-0.3, -0.25) is 24.0 Å². The number of carboxylic acid groups (broad SMARTS) is 1. The van der Waals surface area contributed by atoms with Gasteiger partial charge in [-0.2, -0.15) is 18.3 Å². The van der Waals surface area contributed by atoms with Crippen LogP contribution in [0.3, 0.4) is 0 Å². The number of aromatic nitrogens is 3. The fourth-order valence-corrected chi connectivity index (χ4v) is 6.58. The van der Waals surface area contributed by atoms with E-state index in [1.165, 1.54) is 12.1 Å². The first-order chi connectivity index (χ1) is 19.3. The molecule has 0 atom stereocenters. The van der Waals surface area contributed by atoms with Crippen LogP contribution in [0.25, 0.3) is 0 Å². The summed E-state index contributed by atoms with van der Waals surface area (Å²) in [5, 5.41) is 13.5. The minimum absolute atomic E-state index is 0.0372. The second kappa shape index (κ2) is 10.4. The van der Waals surface area contributed by atoms with Crippen molar-refractivity contribution < 1.29 is 37.1 Å². The van der Waals surface area contributed by atoms with Crippen LogP contribution in [-0.2, 0) is 23.1 Å². The highest BCUT2D eigenvalue weighted by Gasteiger charge is 2.61. The molecule has 0 spiro atoms. The summed E-state index contributed by atoms with van der Waals surface area (Å²) in [7, 11) is 0. The van der Waals surface area contributed by atoms with Gasteiger partial charge < -0.3 is 10.0 Å². The molecule has 5 rings (SSSR count). The van der Waals surface area contributed by atoms with Crippen LogP contribution in [0.2, 0.25) is 10.0 Å². The maximum Gasteiger partial charge on any atom is 0.433 e. The summed E-state index contributed by atoms with van der Waals surface area (Å²) in [5.74, 6) is -3.54. The summed E-state index contributed by atoms with van der Waals surface area (Å²) in [6.07, 6.45) is -1.23. The molecule has 41 heavy (non-hydrogen) atoms. The van der Waals surface area contributed by atoms with E-state index in [1.807, 2.05) is 0 Å². The van der Waals surface area contributed by atoms with E-state index in [-0.39, 0.29) is 54.3 Å². The number of benzene rings is 1. The number of rotatable bonds is 8. The first-order valence-electron chi connectivity index (χ1n) is 12.5. The molecule has 1 amide bonds. The normalized spacial score (nSPS) is 21.7. The van der Waals surface area contributed by atoms with E-state index < -0.39 is 58.4 Å². The van der Waals surface area contributed by atoms with Crippen molar-refractivity contribution >= 4 is 40.9 Å². The quantitative estimate of drug-likeness (QED) is 0.247. The summed E-state index contributed by atoms with van der Waals surface area (Å²) < 4.78 is 58.1. The molecule has 216 valence electrons. The molecule has 1 aromatic carbocycles. The molecule has 2 aromatic heterocycles. The van der Waals surface area contributed by atoms with Gasteiger partial charge in [0.25, 0.3) is 5.91 Å². The van der Waals surface area contributed by atoms with Gasteiger partial charge in [0.1, 0.15) is 5.82 Å². The van der Waals surface area contributed by atoms with E-state index in [9.17, 15) is 37.1 Å². The lowest BCUT2D eigenvalue weighted by molar-refractivity contribution is -0.148. The molecule has 2 bridgehead atoms. The van der Waals surface area contributed by atoms with Gasteiger partial charge in [-0.1, -0.05) is 35.3 Å². The van der Waals surface area contributed by atoms with Crippen molar-refractivity contribution in [1.82, 2.24) is 19.7 Å². The molecule has 2 fully saturated rings. The number of amides is 1. The standard InChI is InChI=1S/C27H22Cl2F4N4O4/c28-18-10-34-11-19(29)21(18)20(38)13-36(12-15-1-3-16(30)4-2-15)23(39)17-9-35-37(22(17)27(31,32)33)26-7-5-25(14-26,6-8-26)24(40)41/h1-4,9-11H,5-8,12-14H2,(H,40,41). The van der Waals surface area contributed by atoms with E-state index in [4.69, 9.17) is 23.2 Å². The number of Topliss-reactive ketones (excluding diaryl/α,β-unsaturated/α-hetero) is 1. The second-order valence-electron chi connectivity index (χ2n) is 10.5. The first-order valence-corrected chi connectivity index (χ1v) is 13.3. The number of carbonyl (C=O) groups is 3. The molecule has 0 aliphatic heterocycles. The van der Waals surface area contributed by atoms with Crippen molar-refractivity contribution in [3.63, 3.8) is 0 Å². The Morgan fingerprint density at radius 1 is 1.00 bits per heavy atom. The van der Waals surface area contributed by atoms with Crippen molar-refractivity contribution in [1.29, 1.82) is 0 Å². The number of carbonyl (C=O) groups excluding carboxylic acids is 2. The van der Waals surface area contributed by atoms with Crippen molar-refractivity contribution in [2.24, 2.45) is 5.41 Å². The molecule has 14 heteroatoms. The predicted octanol–water partition coefficient (Wildman–Crippen LogP) is 6.01. The van der Waals surface area contributed by atoms with E-state index in [0.717, 1.165) is 40.3 Å². The van der Waals surface area contributed by atoms with Gasteiger partial charge in [-0.15, -0.1) is 0 Å². The lowest BCUT2D eigenvalue weighted by atomic mass is 9.84. The number of aliphatic carboxylic acids is 1. The van der Waals surface area contributed by atoms with Gasteiger partial charge in [-0.25, -0.2) is 4.39 Å². The molecule has 2 aliphatic rings. The summed E-state index contributed by atoms with van der Waals surface area (Å²) >= 11 is 12.2. The highest BCUT2D eigenvalue weighted by Crippen LogP contribution is 2.61. The molecule has 2 aliphatic carbocycles. The molecule has 0 saturated heterocycles. The van der Waals surface area contributed by atoms with Crippen molar-refractivity contribution in [3.05, 3.63) is 81.1 Å². The van der Waals surface area contributed by atoms with Crippen LogP contribution in [0.4, 0.5) is 17.6 Å². The van der Waals surface area contributed by atoms with Crippen LogP contribution < -0.4 is 0 Å². The van der Waals surface area contributed by atoms with Crippen molar-refractivity contribution in [3.8, 4) is 0 Å². The molecule has 0 unspecified atom stereocenters. The lowest BCUT2D eigenvalue weighted by Gasteiger charge is -2.30. The zero-order chi connectivity index (χ0) is 29.7. The highest BCUT2D eigenvalue weighted by molar-refractivity contribution is 6.39. The van der Waals surface area contributed by atoms with Crippen molar-refractivity contribution in [2.45, 2.75) is 50.4 Å². The lowest BCUT2D eigenvalue weighted by Crippen LogP contribution is -2.38. The Balaban J connectivity index is 1.55. The van der Waals surface area contributed by atoms with Crippen LogP contribution in [0.1, 0.15) is 64.1 Å². The monoisotopic (exact) mass is 612 g/mol. The van der Waals surface area contributed by atoms with Gasteiger partial charge in [0.2, 0.25) is 0 Å². The fraction of sp³-hybridized carbons (Fsp3) is 0.370. The summed E-state index contributed by atoms with van der Waals surface area (Å²) in [6, 6.07) is 4.90. The van der Waals surface area contributed by atoms with Gasteiger partial charge in [0.15, 0.2) is 11.5 Å². The topological polar surface area (TPSA) is 105 Å². The van der Waals surface area contributed by atoms with Crippen LogP contribution in [0.15, 0.2) is 42.9 Å². The zero-order valence-electron chi connectivity index (χ0n) is 21.2. The van der Waals surface area contributed by atoms with Crippen LogP contribution in [0, 0.1) is 11.2 Å². The molecule has 1 N–H and O–H groups in total. The SMILES string of the molecule is O=C(CN(Cc1ccc(F)cc1)C(=O)c1cnn(C23CCC(C(=O)O)(CC2)C3)c1C(F)(F)F)c1c(Cl)cncc1Cl. The third-order valence-electron chi connectivity index (χ3n) is 8.02. The fourth-order valence-electron chi connectivity index (χ4n) is 6.00. The molecule has 3 aromatic rings. The highest BCUT2D eigenvalue weighted by atomic mass is 35.5. The largest absolute Gasteiger partial charge is 0.481 e. The van der Waals surface area contributed by atoms with E-state index >= 15 is 0 Å². The summed E-state index contributed by atoms with van der Waals surface area (Å²) in [6.45, 7) is -1.06. The number of fused-ring (bicyclic) bond motifs is 2. The Kier molecular flexibility index (Phi) is 7.35. The van der Waals surface area contributed by atoms with Crippen LogP contribution >= 0.6 is 23.2 Å². The second-order valence-corrected chi connectivity index (χ2v) is 11.3. The van der Waals surface area contributed by atoms with Gasteiger partial charge in [0.05, 0.1) is 44.9 Å². The smallest absolute Gasteiger partial charge is 0.433 e. The van der Waals surface area contributed by atoms with E-state index in [0.29, 0.717) is 5.56 Å². The Morgan fingerprint density at radius 3 is 2.15 bits per heavy atom. The number of hydrogen-bond acceptors (Lipinski definition) is 5. The van der Waals surface area contributed by atoms with Gasteiger partial charge in [-0.05, 0) is 49.8 Å². The van der Waals surface area contributed by atoms with E-state index in [2.05, 4.69) is 10.1 Å². The number of hydrogen-bond donors (Lipinski definition) is 1. The van der Waals surface area contributed by atoms with E-state index in [1.54, 1.807) is 0 Å². The maximum absolute atomic E-state index is 14.6. The van der Waals surface area contributed by atoms with Crippen LogP contribution in [0.5, 0.6) is 0 Å². The van der Waals surface area contributed by atoms with Crippen LogP contribution in [-0.4, -0.2) is 49.0 Å². The number of pyridine rings is 1. The Bertz CT molecular complexity index is 1510. The Morgan fingerprint density at radius 2 is 1.61 bits per heavy atom. The molecule has 2 heterocycles. The summed E-state index contributed by atoms with van der Waals surface area (Å²) in [5.41, 5.74) is -4.28. The number of alkyl halides is 3. The Labute approximate surface area is 240 Å². The third-order valence-corrected chi connectivity index (χ3v) is 8.59. The van der Waals surface area contributed by atoms with Gasteiger partial charge >= 0.3 is 12.1 Å². The third kappa shape index (κ3) is 5.19. The minimum atomic E-state index is -5.03. The molecular formula is C27H22Cl2F4N4O4. The first kappa shape index (κ1) is 29.0. The maximum atomic E-state index is 14.6. The average molecular weight is 613 g/mol. The number of halogens is 6. The predicted molar refractivity (Wildman–Crippen MR) is 138 cm³/mol. The average Bonchev–Trinajstić information content (AvgIpc) is 3.62. The molecule has 0 radical (unpaired) electrons. The molecule has 8 nitrogen and oxygen atoms in total. The molecule has 2 saturated carbocycles. The number of carboxylic acids is 1. The molecular weight excluding hydrogens is 591 g/mol. The summed E-state index contributed by atoms with van der Waals surface area (Å²) in [4.78, 5) is 43.6. The zero-order valence-corrected chi connectivity index (χ0v) is 22.7.